The summed E-state index contributed by atoms with van der Waals surface area (Å²) in [5.74, 6) is 4.91. The highest BCUT2D eigenvalue weighted by atomic mass is 35.5. The Hall–Kier alpha value is -0.680. The van der Waals surface area contributed by atoms with Crippen LogP contribution >= 0.6 is 11.6 Å². The molecule has 84 valence electrons. The summed E-state index contributed by atoms with van der Waals surface area (Å²) in [5.41, 5.74) is 3.44. The number of nitrogens with one attached hydrogen (secondary N) is 1. The van der Waals surface area contributed by atoms with E-state index in [4.69, 9.17) is 22.2 Å². The van der Waals surface area contributed by atoms with E-state index in [9.17, 15) is 4.39 Å². The molecule has 0 aliphatic carbocycles. The van der Waals surface area contributed by atoms with Crippen LogP contribution in [0.1, 0.15) is 5.56 Å². The monoisotopic (exact) mass is 232 g/mol. The minimum atomic E-state index is -0.414. The molecule has 3 nitrogen and oxygen atoms in total. The first kappa shape index (κ1) is 12.4. The second kappa shape index (κ2) is 6.02. The number of hydrogen-bond acceptors (Lipinski definition) is 3. The average molecular weight is 233 g/mol. The second-order valence-electron chi connectivity index (χ2n) is 3.27. The SMILES string of the molecule is COCC(Cc1ccc(Cl)c(F)c1)NN. The fraction of sp³-hybridized carbons (Fsp3) is 0.400. The molecule has 3 N–H and O–H groups in total. The summed E-state index contributed by atoms with van der Waals surface area (Å²) >= 11 is 5.57. The van der Waals surface area contributed by atoms with Crippen molar-refractivity contribution in [3.8, 4) is 0 Å². The fourth-order valence-corrected chi connectivity index (χ4v) is 1.44. The molecule has 0 spiro atoms. The highest BCUT2D eigenvalue weighted by Crippen LogP contribution is 2.16. The van der Waals surface area contributed by atoms with Crippen LogP contribution in [-0.2, 0) is 11.2 Å². The summed E-state index contributed by atoms with van der Waals surface area (Å²) in [7, 11) is 1.59. The number of hydrazine groups is 1. The van der Waals surface area contributed by atoms with Crippen molar-refractivity contribution in [2.24, 2.45) is 5.84 Å². The van der Waals surface area contributed by atoms with Gasteiger partial charge in [0.1, 0.15) is 5.82 Å². The van der Waals surface area contributed by atoms with Gasteiger partial charge in [0.25, 0.3) is 0 Å². The average Bonchev–Trinajstić information content (AvgIpc) is 2.23. The van der Waals surface area contributed by atoms with E-state index in [1.165, 1.54) is 12.1 Å². The molecule has 15 heavy (non-hydrogen) atoms. The first-order valence-electron chi connectivity index (χ1n) is 4.56. The zero-order chi connectivity index (χ0) is 11.3. The number of ether oxygens (including phenoxy) is 1. The van der Waals surface area contributed by atoms with Gasteiger partial charge in [0.2, 0.25) is 0 Å². The highest BCUT2D eigenvalue weighted by Gasteiger charge is 2.08. The third-order valence-electron chi connectivity index (χ3n) is 2.07. The van der Waals surface area contributed by atoms with Crippen molar-refractivity contribution in [1.82, 2.24) is 5.43 Å². The lowest BCUT2D eigenvalue weighted by atomic mass is 10.1. The van der Waals surface area contributed by atoms with Crippen molar-refractivity contribution in [1.29, 1.82) is 0 Å². The summed E-state index contributed by atoms with van der Waals surface area (Å²) in [6.45, 7) is 0.473. The number of nitrogens with two attached hydrogens (primary N) is 1. The smallest absolute Gasteiger partial charge is 0.142 e. The van der Waals surface area contributed by atoms with E-state index >= 15 is 0 Å². The topological polar surface area (TPSA) is 47.3 Å². The predicted octanol–water partition coefficient (Wildman–Crippen LogP) is 1.50. The van der Waals surface area contributed by atoms with Crippen LogP contribution in [0.25, 0.3) is 0 Å². The molecule has 0 radical (unpaired) electrons. The number of benzene rings is 1. The van der Waals surface area contributed by atoms with Crippen LogP contribution in [0.5, 0.6) is 0 Å². The predicted molar refractivity (Wildman–Crippen MR) is 58.1 cm³/mol. The van der Waals surface area contributed by atoms with Gasteiger partial charge in [-0.15, -0.1) is 0 Å². The molecular weight excluding hydrogens is 219 g/mol. The van der Waals surface area contributed by atoms with E-state index < -0.39 is 5.82 Å². The molecule has 1 aromatic carbocycles. The van der Waals surface area contributed by atoms with Crippen molar-refractivity contribution < 1.29 is 9.13 Å². The van der Waals surface area contributed by atoms with Gasteiger partial charge in [-0.2, -0.15) is 0 Å². The molecule has 1 aromatic rings. The molecule has 0 aliphatic heterocycles. The maximum absolute atomic E-state index is 13.1. The zero-order valence-electron chi connectivity index (χ0n) is 8.47. The number of halogens is 2. The third-order valence-corrected chi connectivity index (χ3v) is 2.38. The molecule has 0 heterocycles. The van der Waals surface area contributed by atoms with Crippen LogP contribution in [0, 0.1) is 5.82 Å². The molecule has 0 bridgehead atoms. The fourth-order valence-electron chi connectivity index (χ4n) is 1.32. The summed E-state index contributed by atoms with van der Waals surface area (Å²) in [5, 5.41) is 0.128. The largest absolute Gasteiger partial charge is 0.383 e. The Balaban J connectivity index is 2.66. The van der Waals surface area contributed by atoms with E-state index in [0.29, 0.717) is 13.0 Å². The van der Waals surface area contributed by atoms with Gasteiger partial charge in [-0.3, -0.25) is 11.3 Å². The Bertz CT molecular complexity index is 322. The van der Waals surface area contributed by atoms with Gasteiger partial charge in [0, 0.05) is 13.2 Å². The van der Waals surface area contributed by atoms with E-state index in [1.807, 2.05) is 0 Å². The second-order valence-corrected chi connectivity index (χ2v) is 3.68. The summed E-state index contributed by atoms with van der Waals surface area (Å²) in [6, 6.07) is 4.68. The van der Waals surface area contributed by atoms with Gasteiger partial charge in [-0.1, -0.05) is 17.7 Å². The number of rotatable bonds is 5. The van der Waals surface area contributed by atoms with Crippen LogP contribution in [-0.4, -0.2) is 19.8 Å². The Morgan fingerprint density at radius 2 is 2.33 bits per heavy atom. The van der Waals surface area contributed by atoms with Crippen LogP contribution < -0.4 is 11.3 Å². The molecular formula is C10H14ClFN2O. The van der Waals surface area contributed by atoms with Gasteiger partial charge in [0.15, 0.2) is 0 Å². The van der Waals surface area contributed by atoms with Crippen molar-refractivity contribution in [3.05, 3.63) is 34.6 Å². The first-order chi connectivity index (χ1) is 7.17. The van der Waals surface area contributed by atoms with Gasteiger partial charge in [0.05, 0.1) is 11.6 Å². The minimum absolute atomic E-state index is 0.0319. The van der Waals surface area contributed by atoms with Crippen molar-refractivity contribution in [3.63, 3.8) is 0 Å². The molecule has 1 rings (SSSR count). The molecule has 5 heteroatoms. The lowest BCUT2D eigenvalue weighted by Crippen LogP contribution is -2.40. The maximum atomic E-state index is 13.1. The highest BCUT2D eigenvalue weighted by molar-refractivity contribution is 6.30. The van der Waals surface area contributed by atoms with E-state index in [0.717, 1.165) is 5.56 Å². The molecule has 0 fully saturated rings. The van der Waals surface area contributed by atoms with E-state index in [2.05, 4.69) is 5.43 Å². The maximum Gasteiger partial charge on any atom is 0.142 e. The molecule has 0 amide bonds. The van der Waals surface area contributed by atoms with Gasteiger partial charge < -0.3 is 4.74 Å². The molecule has 0 saturated carbocycles. The third kappa shape index (κ3) is 3.76. The van der Waals surface area contributed by atoms with Crippen LogP contribution in [0.4, 0.5) is 4.39 Å². The lowest BCUT2D eigenvalue weighted by molar-refractivity contribution is 0.166. The zero-order valence-corrected chi connectivity index (χ0v) is 9.22. The molecule has 0 saturated heterocycles. The van der Waals surface area contributed by atoms with Crippen LogP contribution in [0.3, 0.4) is 0 Å². The lowest BCUT2D eigenvalue weighted by Gasteiger charge is -2.14. The van der Waals surface area contributed by atoms with E-state index in [-0.39, 0.29) is 11.1 Å². The quantitative estimate of drug-likeness (QED) is 0.598. The van der Waals surface area contributed by atoms with Gasteiger partial charge >= 0.3 is 0 Å². The summed E-state index contributed by atoms with van der Waals surface area (Å²) in [4.78, 5) is 0. The molecule has 1 unspecified atom stereocenters. The number of methoxy groups -OCH3 is 1. The summed E-state index contributed by atoms with van der Waals surface area (Å²) in [6.07, 6.45) is 0.596. The Labute approximate surface area is 93.3 Å². The normalized spacial score (nSPS) is 12.8. The van der Waals surface area contributed by atoms with Crippen molar-refractivity contribution >= 4 is 11.6 Å². The van der Waals surface area contributed by atoms with E-state index in [1.54, 1.807) is 13.2 Å². The van der Waals surface area contributed by atoms with Crippen molar-refractivity contribution in [2.45, 2.75) is 12.5 Å². The standard InChI is InChI=1S/C10H14ClFN2O/c1-15-6-8(14-13)4-7-2-3-9(11)10(12)5-7/h2-3,5,8,14H,4,6,13H2,1H3. The molecule has 1 atom stereocenters. The number of hydrogen-bond donors (Lipinski definition) is 2. The first-order valence-corrected chi connectivity index (χ1v) is 4.94. The van der Waals surface area contributed by atoms with Crippen LogP contribution in [0.15, 0.2) is 18.2 Å². The Kier molecular flexibility index (Phi) is 4.98. The van der Waals surface area contributed by atoms with Crippen LogP contribution in [0.2, 0.25) is 5.02 Å². The van der Waals surface area contributed by atoms with Crippen molar-refractivity contribution in [2.75, 3.05) is 13.7 Å². The molecule has 0 aromatic heterocycles. The minimum Gasteiger partial charge on any atom is -0.383 e. The molecule has 0 aliphatic rings. The Morgan fingerprint density at radius 1 is 1.60 bits per heavy atom. The van der Waals surface area contributed by atoms with Gasteiger partial charge in [-0.05, 0) is 24.1 Å². The Morgan fingerprint density at radius 3 is 2.87 bits per heavy atom. The summed E-state index contributed by atoms with van der Waals surface area (Å²) < 4.78 is 18.1. The van der Waals surface area contributed by atoms with Gasteiger partial charge in [-0.25, -0.2) is 4.39 Å².